The predicted molar refractivity (Wildman–Crippen MR) is 91.0 cm³/mol. The first-order chi connectivity index (χ1) is 11.4. The molecule has 0 amide bonds. The van der Waals surface area contributed by atoms with Gasteiger partial charge in [0.2, 0.25) is 0 Å². The second kappa shape index (κ2) is 9.45. The summed E-state index contributed by atoms with van der Waals surface area (Å²) in [4.78, 5) is 23.3. The molecule has 0 heterocycles. The second-order valence-electron chi connectivity index (χ2n) is 6.35. The van der Waals surface area contributed by atoms with Crippen molar-refractivity contribution in [2.24, 2.45) is 0 Å². The molecule has 4 heteroatoms. The highest BCUT2D eigenvalue weighted by Gasteiger charge is 2.25. The van der Waals surface area contributed by atoms with Crippen LogP contribution in [0.3, 0.4) is 0 Å². The fourth-order valence-electron chi connectivity index (χ4n) is 3.67. The fourth-order valence-corrected chi connectivity index (χ4v) is 3.67. The van der Waals surface area contributed by atoms with Gasteiger partial charge in [-0.15, -0.1) is 0 Å². The molecule has 0 N–H and O–H groups in total. The van der Waals surface area contributed by atoms with Gasteiger partial charge in [0.05, 0.1) is 11.9 Å². The number of rotatable bonds is 10. The Morgan fingerprint density at radius 3 is 1.33 bits per heavy atom. The summed E-state index contributed by atoms with van der Waals surface area (Å²) in [7, 11) is 0. The molecule has 0 saturated carbocycles. The third-order valence-corrected chi connectivity index (χ3v) is 4.80. The van der Waals surface area contributed by atoms with Gasteiger partial charge in [0, 0.05) is 11.1 Å². The van der Waals surface area contributed by atoms with Crippen molar-refractivity contribution in [2.75, 3.05) is 0 Å². The molecule has 0 aliphatic carbocycles. The minimum Gasteiger partial charge on any atom is -0.545 e. The molecule has 0 radical (unpaired) electrons. The van der Waals surface area contributed by atoms with Crippen LogP contribution in [-0.4, -0.2) is 11.9 Å². The summed E-state index contributed by atoms with van der Waals surface area (Å²) in [6.45, 7) is 8.12. The summed E-state index contributed by atoms with van der Waals surface area (Å²) < 4.78 is 0. The average Bonchev–Trinajstić information content (AvgIpc) is 2.56. The van der Waals surface area contributed by atoms with Gasteiger partial charge in [-0.1, -0.05) is 52.7 Å². The number of carboxylic acids is 2. The normalized spacial score (nSPS) is 13.5. The zero-order valence-electron chi connectivity index (χ0n) is 15.2. The van der Waals surface area contributed by atoms with Gasteiger partial charge in [0.1, 0.15) is 0 Å². The zero-order chi connectivity index (χ0) is 18.3. The Kier molecular flexibility index (Phi) is 7.96. The molecule has 134 valence electrons. The Hall–Kier alpha value is -1.84. The number of benzene rings is 1. The summed E-state index contributed by atoms with van der Waals surface area (Å²) in [6.07, 6.45) is 4.99. The molecule has 0 aliphatic heterocycles. The molecule has 0 saturated heterocycles. The molecule has 1 aromatic carbocycles. The zero-order valence-corrected chi connectivity index (χ0v) is 15.2. The van der Waals surface area contributed by atoms with Gasteiger partial charge in [-0.3, -0.25) is 0 Å². The molecule has 1 aromatic rings. The van der Waals surface area contributed by atoms with Crippen LogP contribution in [0.1, 0.15) is 110 Å². The Bertz CT molecular complexity index is 526. The van der Waals surface area contributed by atoms with Crippen LogP contribution >= 0.6 is 0 Å². The van der Waals surface area contributed by atoms with Crippen LogP contribution < -0.4 is 10.2 Å². The second-order valence-corrected chi connectivity index (χ2v) is 6.35. The van der Waals surface area contributed by atoms with E-state index < -0.39 is 11.9 Å². The molecule has 24 heavy (non-hydrogen) atoms. The lowest BCUT2D eigenvalue weighted by molar-refractivity contribution is -0.256. The molecule has 0 bridgehead atoms. The van der Waals surface area contributed by atoms with Crippen molar-refractivity contribution in [3.05, 3.63) is 34.4 Å². The lowest BCUT2D eigenvalue weighted by Gasteiger charge is -2.30. The van der Waals surface area contributed by atoms with Crippen molar-refractivity contribution in [3.63, 3.8) is 0 Å². The number of hydrogen-bond donors (Lipinski definition) is 0. The average molecular weight is 332 g/mol. The summed E-state index contributed by atoms with van der Waals surface area (Å²) in [6, 6.07) is 2.74. The van der Waals surface area contributed by atoms with Crippen LogP contribution in [0.15, 0.2) is 12.1 Å². The Morgan fingerprint density at radius 2 is 1.12 bits per heavy atom. The van der Waals surface area contributed by atoms with Crippen molar-refractivity contribution >= 4 is 11.9 Å². The monoisotopic (exact) mass is 332 g/mol. The molecule has 2 unspecified atom stereocenters. The largest absolute Gasteiger partial charge is 0.545 e. The maximum Gasteiger partial charge on any atom is 0.0718 e. The minimum atomic E-state index is -1.24. The van der Waals surface area contributed by atoms with E-state index >= 15 is 0 Å². The van der Waals surface area contributed by atoms with Gasteiger partial charge < -0.3 is 19.8 Å². The molecule has 4 nitrogen and oxygen atoms in total. The standard InChI is InChI=1S/C20H30O4/c1-5-9-13(7-3)17-15(19(21)22)11-12-16(20(23)24)18(17)14(8-4)10-6-2/h11-14H,5-10H2,1-4H3,(H,21,22)(H,23,24)/p-2. The third-order valence-electron chi connectivity index (χ3n) is 4.80. The lowest BCUT2D eigenvalue weighted by atomic mass is 9.77. The first-order valence-corrected chi connectivity index (χ1v) is 9.02. The first kappa shape index (κ1) is 20.2. The van der Waals surface area contributed by atoms with Crippen molar-refractivity contribution in [2.45, 2.75) is 78.1 Å². The summed E-state index contributed by atoms with van der Waals surface area (Å²) >= 11 is 0. The van der Waals surface area contributed by atoms with Crippen LogP contribution in [0.2, 0.25) is 0 Å². The Morgan fingerprint density at radius 1 is 0.792 bits per heavy atom. The van der Waals surface area contributed by atoms with Crippen LogP contribution in [-0.2, 0) is 0 Å². The van der Waals surface area contributed by atoms with Gasteiger partial charge in [0.25, 0.3) is 0 Å². The maximum absolute atomic E-state index is 11.7. The molecular weight excluding hydrogens is 304 g/mol. The lowest BCUT2D eigenvalue weighted by Crippen LogP contribution is -2.29. The molecule has 0 aromatic heterocycles. The third kappa shape index (κ3) is 4.37. The summed E-state index contributed by atoms with van der Waals surface area (Å²) in [5.41, 5.74) is 1.57. The molecule has 2 atom stereocenters. The number of hydrogen-bond acceptors (Lipinski definition) is 4. The van der Waals surface area contributed by atoms with Crippen molar-refractivity contribution in [1.82, 2.24) is 0 Å². The molecule has 0 aliphatic rings. The van der Waals surface area contributed by atoms with Gasteiger partial charge in [0.15, 0.2) is 0 Å². The van der Waals surface area contributed by atoms with E-state index in [4.69, 9.17) is 0 Å². The number of carbonyl (C=O) groups excluding carboxylic acids is 2. The predicted octanol–water partition coefficient (Wildman–Crippen LogP) is 3.00. The summed E-state index contributed by atoms with van der Waals surface area (Å²) in [5, 5.41) is 23.3. The Labute approximate surface area is 144 Å². The quantitative estimate of drug-likeness (QED) is 0.659. The molecular formula is C20H28O4-2. The van der Waals surface area contributed by atoms with E-state index in [1.54, 1.807) is 0 Å². The number of carboxylic acid groups (broad SMARTS) is 2. The van der Waals surface area contributed by atoms with Gasteiger partial charge >= 0.3 is 0 Å². The van der Waals surface area contributed by atoms with E-state index in [0.717, 1.165) is 38.5 Å². The fraction of sp³-hybridized carbons (Fsp3) is 0.600. The van der Waals surface area contributed by atoms with Crippen LogP contribution in [0, 0.1) is 0 Å². The molecule has 1 rings (SSSR count). The van der Waals surface area contributed by atoms with E-state index in [9.17, 15) is 19.8 Å². The topological polar surface area (TPSA) is 80.3 Å². The van der Waals surface area contributed by atoms with Gasteiger partial charge in [-0.05, 0) is 48.6 Å². The first-order valence-electron chi connectivity index (χ1n) is 9.02. The van der Waals surface area contributed by atoms with Gasteiger partial charge in [-0.2, -0.15) is 0 Å². The van der Waals surface area contributed by atoms with Crippen LogP contribution in [0.4, 0.5) is 0 Å². The number of aromatic carboxylic acids is 2. The van der Waals surface area contributed by atoms with E-state index in [0.29, 0.717) is 11.1 Å². The molecule has 0 fully saturated rings. The Balaban J connectivity index is 3.77. The SMILES string of the molecule is CCCC(CC)c1c(C(=O)[O-])ccc(C(=O)[O-])c1C(CC)CCC. The van der Waals surface area contributed by atoms with Crippen LogP contribution in [0.25, 0.3) is 0 Å². The number of carbonyl (C=O) groups is 2. The highest BCUT2D eigenvalue weighted by atomic mass is 16.4. The van der Waals surface area contributed by atoms with E-state index in [2.05, 4.69) is 0 Å². The smallest absolute Gasteiger partial charge is 0.0718 e. The highest BCUT2D eigenvalue weighted by molar-refractivity contribution is 5.94. The molecule has 0 spiro atoms. The van der Waals surface area contributed by atoms with Crippen molar-refractivity contribution < 1.29 is 19.8 Å². The van der Waals surface area contributed by atoms with E-state index in [-0.39, 0.29) is 23.0 Å². The van der Waals surface area contributed by atoms with Crippen LogP contribution in [0.5, 0.6) is 0 Å². The highest BCUT2D eigenvalue weighted by Crippen LogP contribution is 2.39. The minimum absolute atomic E-state index is 0.0168. The van der Waals surface area contributed by atoms with Crippen molar-refractivity contribution in [3.8, 4) is 0 Å². The summed E-state index contributed by atoms with van der Waals surface area (Å²) in [5.74, 6) is -2.44. The maximum atomic E-state index is 11.7. The van der Waals surface area contributed by atoms with E-state index in [1.807, 2.05) is 27.7 Å². The van der Waals surface area contributed by atoms with E-state index in [1.165, 1.54) is 12.1 Å². The van der Waals surface area contributed by atoms with Crippen molar-refractivity contribution in [1.29, 1.82) is 0 Å². The van der Waals surface area contributed by atoms with Gasteiger partial charge in [-0.25, -0.2) is 0 Å².